The van der Waals surface area contributed by atoms with Crippen LogP contribution in [0.3, 0.4) is 0 Å². The summed E-state index contributed by atoms with van der Waals surface area (Å²) in [5.74, 6) is -1.28. The van der Waals surface area contributed by atoms with Crippen LogP contribution in [0.2, 0.25) is 0 Å². The number of carbonyl (C=O) groups excluding carboxylic acids is 2. The molecule has 0 bridgehead atoms. The Labute approximate surface area is 125 Å². The van der Waals surface area contributed by atoms with Crippen molar-refractivity contribution >= 4 is 17.9 Å². The van der Waals surface area contributed by atoms with Crippen LogP contribution in [-0.2, 0) is 9.59 Å². The number of carbonyl (C=O) groups is 3. The summed E-state index contributed by atoms with van der Waals surface area (Å²) in [5, 5.41) is 11.7. The molecule has 1 rings (SSSR count). The maximum absolute atomic E-state index is 12.0. The first-order valence-electron chi connectivity index (χ1n) is 7.41. The molecule has 0 aromatic rings. The molecule has 0 aromatic carbocycles. The standard InChI is InChI=1S/C14H25N3O4/c1-4-17(5-2)12(18)9-16(3)14(21)15-11-7-6-10(8-11)13(19)20/h10-11H,4-9H2,1-3H3,(H,15,21)(H,19,20). The summed E-state index contributed by atoms with van der Waals surface area (Å²) in [5.41, 5.74) is 0. The monoisotopic (exact) mass is 299 g/mol. The molecule has 2 atom stereocenters. The summed E-state index contributed by atoms with van der Waals surface area (Å²) in [4.78, 5) is 37.8. The number of hydrogen-bond acceptors (Lipinski definition) is 3. The van der Waals surface area contributed by atoms with Crippen LogP contribution in [0.5, 0.6) is 0 Å². The first-order valence-corrected chi connectivity index (χ1v) is 7.41. The lowest BCUT2D eigenvalue weighted by Gasteiger charge is -2.24. The highest BCUT2D eigenvalue weighted by Gasteiger charge is 2.31. The van der Waals surface area contributed by atoms with Gasteiger partial charge < -0.3 is 20.2 Å². The van der Waals surface area contributed by atoms with Crippen LogP contribution in [0, 0.1) is 5.92 Å². The van der Waals surface area contributed by atoms with Gasteiger partial charge in [-0.15, -0.1) is 0 Å². The molecule has 3 amide bonds. The quantitative estimate of drug-likeness (QED) is 0.757. The van der Waals surface area contributed by atoms with Crippen molar-refractivity contribution in [2.75, 3.05) is 26.7 Å². The maximum atomic E-state index is 12.0. The van der Waals surface area contributed by atoms with E-state index in [1.54, 1.807) is 11.9 Å². The smallest absolute Gasteiger partial charge is 0.317 e. The summed E-state index contributed by atoms with van der Waals surface area (Å²) in [6.45, 7) is 5.06. The first kappa shape index (κ1) is 17.3. The van der Waals surface area contributed by atoms with Crippen molar-refractivity contribution in [3.05, 3.63) is 0 Å². The fraction of sp³-hybridized carbons (Fsp3) is 0.786. The van der Waals surface area contributed by atoms with Crippen molar-refractivity contribution in [2.45, 2.75) is 39.2 Å². The van der Waals surface area contributed by atoms with Crippen LogP contribution < -0.4 is 5.32 Å². The van der Waals surface area contributed by atoms with E-state index < -0.39 is 5.97 Å². The van der Waals surface area contributed by atoms with E-state index in [0.717, 1.165) is 0 Å². The number of carboxylic acid groups (broad SMARTS) is 1. The molecule has 2 unspecified atom stereocenters. The van der Waals surface area contributed by atoms with Crippen molar-refractivity contribution in [2.24, 2.45) is 5.92 Å². The van der Waals surface area contributed by atoms with Crippen LogP contribution >= 0.6 is 0 Å². The predicted octanol–water partition coefficient (Wildman–Crippen LogP) is 0.750. The minimum atomic E-state index is -0.809. The van der Waals surface area contributed by atoms with E-state index >= 15 is 0 Å². The number of carboxylic acids is 1. The fourth-order valence-electron chi connectivity index (χ4n) is 2.57. The van der Waals surface area contributed by atoms with Crippen molar-refractivity contribution < 1.29 is 19.5 Å². The van der Waals surface area contributed by atoms with Crippen LogP contribution in [0.4, 0.5) is 4.79 Å². The third-order valence-corrected chi connectivity index (χ3v) is 3.94. The zero-order chi connectivity index (χ0) is 16.0. The number of amides is 3. The van der Waals surface area contributed by atoms with Gasteiger partial charge in [0.15, 0.2) is 0 Å². The molecule has 0 aliphatic heterocycles. The molecule has 1 saturated carbocycles. The molecule has 0 radical (unpaired) electrons. The summed E-state index contributed by atoms with van der Waals surface area (Å²) >= 11 is 0. The number of nitrogens with zero attached hydrogens (tertiary/aromatic N) is 2. The number of urea groups is 1. The highest BCUT2D eigenvalue weighted by atomic mass is 16.4. The SMILES string of the molecule is CCN(CC)C(=O)CN(C)C(=O)NC1CCC(C(=O)O)C1. The second kappa shape index (κ2) is 7.85. The van der Waals surface area contributed by atoms with Crippen molar-refractivity contribution in [3.63, 3.8) is 0 Å². The lowest BCUT2D eigenvalue weighted by molar-refractivity contribution is -0.141. The number of rotatable bonds is 6. The Kier molecular flexibility index (Phi) is 6.45. The van der Waals surface area contributed by atoms with E-state index in [0.29, 0.717) is 32.4 Å². The van der Waals surface area contributed by atoms with E-state index in [9.17, 15) is 14.4 Å². The lowest BCUT2D eigenvalue weighted by Crippen LogP contribution is -2.47. The van der Waals surface area contributed by atoms with Crippen LogP contribution in [0.25, 0.3) is 0 Å². The Morgan fingerprint density at radius 3 is 2.29 bits per heavy atom. The topological polar surface area (TPSA) is 90.0 Å². The molecule has 1 aliphatic carbocycles. The lowest BCUT2D eigenvalue weighted by atomic mass is 10.1. The second-order valence-electron chi connectivity index (χ2n) is 5.42. The minimum absolute atomic E-state index is 0.0303. The highest BCUT2D eigenvalue weighted by molar-refractivity contribution is 5.84. The first-order chi connectivity index (χ1) is 9.88. The van der Waals surface area contributed by atoms with Crippen molar-refractivity contribution in [3.8, 4) is 0 Å². The zero-order valence-corrected chi connectivity index (χ0v) is 13.0. The fourth-order valence-corrected chi connectivity index (χ4v) is 2.57. The number of aliphatic carboxylic acids is 1. The Hall–Kier alpha value is -1.79. The third kappa shape index (κ3) is 4.91. The molecule has 120 valence electrons. The molecular formula is C14H25N3O4. The molecule has 0 heterocycles. The Morgan fingerprint density at radius 1 is 1.19 bits per heavy atom. The maximum Gasteiger partial charge on any atom is 0.317 e. The average molecular weight is 299 g/mol. The second-order valence-corrected chi connectivity index (χ2v) is 5.42. The van der Waals surface area contributed by atoms with Crippen molar-refractivity contribution in [1.82, 2.24) is 15.1 Å². The Morgan fingerprint density at radius 2 is 1.81 bits per heavy atom. The molecule has 7 nitrogen and oxygen atoms in total. The molecule has 7 heteroatoms. The van der Waals surface area contributed by atoms with Gasteiger partial charge in [0.25, 0.3) is 0 Å². The molecule has 0 aromatic heterocycles. The van der Waals surface area contributed by atoms with Gasteiger partial charge in [-0.25, -0.2) is 4.79 Å². The van der Waals surface area contributed by atoms with Gasteiger partial charge in [0.2, 0.25) is 5.91 Å². The van der Waals surface area contributed by atoms with Gasteiger partial charge >= 0.3 is 12.0 Å². The molecule has 1 aliphatic rings. The molecule has 1 fully saturated rings. The molecule has 2 N–H and O–H groups in total. The Bertz CT molecular complexity index is 396. The van der Waals surface area contributed by atoms with Gasteiger partial charge in [0, 0.05) is 26.2 Å². The number of likely N-dealkylation sites (N-methyl/N-ethyl adjacent to an activating group) is 2. The summed E-state index contributed by atoms with van der Waals surface area (Å²) in [7, 11) is 1.57. The van der Waals surface area contributed by atoms with Crippen molar-refractivity contribution in [1.29, 1.82) is 0 Å². The number of hydrogen-bond donors (Lipinski definition) is 2. The average Bonchev–Trinajstić information content (AvgIpc) is 2.88. The van der Waals surface area contributed by atoms with E-state index in [1.807, 2.05) is 13.8 Å². The van der Waals surface area contributed by atoms with Gasteiger partial charge in [-0.3, -0.25) is 9.59 Å². The molecular weight excluding hydrogens is 274 g/mol. The van der Waals surface area contributed by atoms with E-state index in [4.69, 9.17) is 5.11 Å². The molecule has 0 saturated heterocycles. The zero-order valence-electron chi connectivity index (χ0n) is 13.0. The minimum Gasteiger partial charge on any atom is -0.481 e. The Balaban J connectivity index is 2.41. The van der Waals surface area contributed by atoms with Crippen LogP contribution in [-0.4, -0.2) is 65.5 Å². The number of nitrogens with one attached hydrogen (secondary N) is 1. The van der Waals surface area contributed by atoms with Gasteiger partial charge in [-0.05, 0) is 33.1 Å². The van der Waals surface area contributed by atoms with Gasteiger partial charge in [0.1, 0.15) is 6.54 Å². The van der Waals surface area contributed by atoms with E-state index in [2.05, 4.69) is 5.32 Å². The molecule has 0 spiro atoms. The summed E-state index contributed by atoms with van der Waals surface area (Å²) in [6, 6.07) is -0.448. The van der Waals surface area contributed by atoms with Crippen LogP contribution in [0.1, 0.15) is 33.1 Å². The van der Waals surface area contributed by atoms with Crippen LogP contribution in [0.15, 0.2) is 0 Å². The van der Waals surface area contributed by atoms with Gasteiger partial charge in [-0.2, -0.15) is 0 Å². The van der Waals surface area contributed by atoms with E-state index in [1.165, 1.54) is 4.90 Å². The normalized spacial score (nSPS) is 20.9. The highest BCUT2D eigenvalue weighted by Crippen LogP contribution is 2.25. The predicted molar refractivity (Wildman–Crippen MR) is 77.9 cm³/mol. The van der Waals surface area contributed by atoms with Gasteiger partial charge in [0.05, 0.1) is 5.92 Å². The summed E-state index contributed by atoms with van der Waals surface area (Å²) < 4.78 is 0. The summed E-state index contributed by atoms with van der Waals surface area (Å²) in [6.07, 6.45) is 1.71. The van der Waals surface area contributed by atoms with Gasteiger partial charge in [-0.1, -0.05) is 0 Å². The third-order valence-electron chi connectivity index (χ3n) is 3.94. The van der Waals surface area contributed by atoms with E-state index in [-0.39, 0.29) is 30.4 Å². The molecule has 21 heavy (non-hydrogen) atoms. The largest absolute Gasteiger partial charge is 0.481 e.